The summed E-state index contributed by atoms with van der Waals surface area (Å²) in [6, 6.07) is 8.62. The predicted molar refractivity (Wildman–Crippen MR) is 141 cm³/mol. The van der Waals surface area contributed by atoms with Crippen molar-refractivity contribution in [3.63, 3.8) is 0 Å². The number of halogens is 1. The van der Waals surface area contributed by atoms with Crippen molar-refractivity contribution in [2.45, 2.75) is 31.5 Å². The van der Waals surface area contributed by atoms with Crippen LogP contribution in [0.25, 0.3) is 33.3 Å². The third kappa shape index (κ3) is 5.90. The van der Waals surface area contributed by atoms with Gasteiger partial charge in [-0.25, -0.2) is 14.2 Å². The van der Waals surface area contributed by atoms with Crippen molar-refractivity contribution in [3.8, 4) is 11.4 Å². The van der Waals surface area contributed by atoms with E-state index < -0.39 is 29.6 Å². The van der Waals surface area contributed by atoms with Crippen LogP contribution in [-0.2, 0) is 4.79 Å². The zero-order valence-electron chi connectivity index (χ0n) is 20.5. The highest BCUT2D eigenvalue weighted by atomic mass is 19.1. The molecule has 200 valence electrons. The van der Waals surface area contributed by atoms with Gasteiger partial charge in [0.25, 0.3) is 5.56 Å². The first-order valence-electron chi connectivity index (χ1n) is 11.9. The fourth-order valence-electron chi connectivity index (χ4n) is 4.13. The number of imidazole rings is 1. The lowest BCUT2D eigenvalue weighted by Gasteiger charge is -2.15. The van der Waals surface area contributed by atoms with Crippen LogP contribution >= 0.6 is 0 Å². The largest absolute Gasteiger partial charge is 0.397 e. The summed E-state index contributed by atoms with van der Waals surface area (Å²) < 4.78 is 14.4. The molecule has 0 saturated carbocycles. The molecule has 13 heteroatoms. The van der Waals surface area contributed by atoms with Crippen LogP contribution in [0.3, 0.4) is 0 Å². The minimum Gasteiger partial charge on any atom is -0.397 e. The molecule has 2 aromatic carbocycles. The normalized spacial score (nSPS) is 12.8. The smallest absolute Gasteiger partial charge is 0.319 e. The molecular weight excluding hydrogens is 497 g/mol. The number of nitrogens with two attached hydrogens (primary N) is 1. The van der Waals surface area contributed by atoms with E-state index in [9.17, 15) is 29.0 Å². The number of hydrogen-bond donors (Lipinski definition) is 8. The zero-order chi connectivity index (χ0) is 27.4. The first-order valence-corrected chi connectivity index (χ1v) is 11.9. The van der Waals surface area contributed by atoms with Crippen LogP contribution < -0.4 is 27.2 Å². The number of urea groups is 1. The number of hydrogen-bond acceptors (Lipinski definition) is 7. The maximum atomic E-state index is 14.4. The molecule has 2 heterocycles. The molecule has 0 aliphatic heterocycles. The summed E-state index contributed by atoms with van der Waals surface area (Å²) in [6.45, 7) is 0.136. The highest BCUT2D eigenvalue weighted by molar-refractivity contribution is 5.98. The molecule has 0 aliphatic rings. The molecule has 9 N–H and O–H groups in total. The van der Waals surface area contributed by atoms with E-state index in [0.717, 1.165) is 0 Å². The number of carbonyl (C=O) groups is 2. The minimum absolute atomic E-state index is 0.00468. The van der Waals surface area contributed by atoms with E-state index in [1.807, 2.05) is 0 Å². The number of nitrogens with one attached hydrogen (secondary N) is 5. The Labute approximate surface area is 215 Å². The zero-order valence-corrected chi connectivity index (χ0v) is 20.5. The molecule has 2 unspecified atom stereocenters. The number of aromatic amines is 2. The number of carbonyl (C=O) groups excluding carboxylic acids is 2. The van der Waals surface area contributed by atoms with Gasteiger partial charge in [-0.2, -0.15) is 0 Å². The highest BCUT2D eigenvalue weighted by Gasteiger charge is 2.19. The third-order valence-corrected chi connectivity index (χ3v) is 6.01. The van der Waals surface area contributed by atoms with Crippen LogP contribution in [0.15, 0.2) is 41.2 Å². The van der Waals surface area contributed by atoms with Crippen LogP contribution in [0, 0.1) is 5.82 Å². The lowest BCUT2D eigenvalue weighted by atomic mass is 10.1. The maximum absolute atomic E-state index is 14.4. The van der Waals surface area contributed by atoms with Gasteiger partial charge in [-0.1, -0.05) is 6.07 Å². The first-order chi connectivity index (χ1) is 18.2. The van der Waals surface area contributed by atoms with Gasteiger partial charge < -0.3 is 41.9 Å². The Morgan fingerprint density at radius 1 is 1.13 bits per heavy atom. The number of pyridine rings is 1. The fourth-order valence-corrected chi connectivity index (χ4v) is 4.13. The Morgan fingerprint density at radius 3 is 2.68 bits per heavy atom. The van der Waals surface area contributed by atoms with Gasteiger partial charge in [-0.15, -0.1) is 0 Å². The number of nitrogens with zero attached hydrogens (tertiary/aromatic N) is 1. The number of benzene rings is 2. The van der Waals surface area contributed by atoms with E-state index in [2.05, 4.69) is 30.9 Å². The predicted octanol–water partition coefficient (Wildman–Crippen LogP) is 1.55. The van der Waals surface area contributed by atoms with Crippen molar-refractivity contribution in [1.29, 1.82) is 0 Å². The van der Waals surface area contributed by atoms with E-state index in [1.165, 1.54) is 19.2 Å². The SMILES string of the molecule is CNC(=O)CC(O)CC(O)CCNC(=O)Nc1ccc2nc(-c3c(N)c4c(F)cccc4[nH]c3=O)[nH]c2c1. The summed E-state index contributed by atoms with van der Waals surface area (Å²) in [5.74, 6) is -0.748. The highest BCUT2D eigenvalue weighted by Crippen LogP contribution is 2.30. The van der Waals surface area contributed by atoms with Gasteiger partial charge in [0.15, 0.2) is 0 Å². The van der Waals surface area contributed by atoms with Crippen molar-refractivity contribution < 1.29 is 24.2 Å². The molecule has 0 bridgehead atoms. The Balaban J connectivity index is 1.40. The molecule has 0 radical (unpaired) electrons. The average Bonchev–Trinajstić information content (AvgIpc) is 3.26. The monoisotopic (exact) mass is 525 g/mol. The lowest BCUT2D eigenvalue weighted by Crippen LogP contribution is -2.32. The molecule has 3 amide bonds. The van der Waals surface area contributed by atoms with Gasteiger partial charge in [-0.05, 0) is 43.2 Å². The number of aliphatic hydroxyl groups excluding tert-OH is 2. The van der Waals surface area contributed by atoms with Crippen molar-refractivity contribution in [1.82, 2.24) is 25.6 Å². The van der Waals surface area contributed by atoms with E-state index in [0.29, 0.717) is 16.7 Å². The van der Waals surface area contributed by atoms with Crippen molar-refractivity contribution in [2.75, 3.05) is 24.6 Å². The number of nitrogen functional groups attached to an aromatic ring is 1. The van der Waals surface area contributed by atoms with Gasteiger partial charge in [0, 0.05) is 19.3 Å². The number of fused-ring (bicyclic) bond motifs is 2. The molecule has 12 nitrogen and oxygen atoms in total. The van der Waals surface area contributed by atoms with Gasteiger partial charge in [0.1, 0.15) is 17.2 Å². The first kappa shape index (κ1) is 26.6. The number of amides is 3. The Kier molecular flexibility index (Phi) is 7.88. The number of H-pyrrole nitrogens is 2. The number of aliphatic hydroxyl groups is 2. The summed E-state index contributed by atoms with van der Waals surface area (Å²) in [6.07, 6.45) is -1.80. The van der Waals surface area contributed by atoms with Crippen LogP contribution in [0.5, 0.6) is 0 Å². The van der Waals surface area contributed by atoms with Crippen LogP contribution in [0.1, 0.15) is 19.3 Å². The fraction of sp³-hybridized carbons (Fsp3) is 0.280. The number of aromatic nitrogens is 3. The lowest BCUT2D eigenvalue weighted by molar-refractivity contribution is -0.122. The quantitative estimate of drug-likeness (QED) is 0.162. The van der Waals surface area contributed by atoms with Gasteiger partial charge in [0.05, 0.1) is 46.3 Å². The van der Waals surface area contributed by atoms with E-state index in [-0.39, 0.29) is 59.7 Å². The Bertz CT molecular complexity index is 1550. The summed E-state index contributed by atoms with van der Waals surface area (Å²) in [5, 5.41) is 27.6. The summed E-state index contributed by atoms with van der Waals surface area (Å²) in [5.41, 5.74) is 7.30. The van der Waals surface area contributed by atoms with Crippen LogP contribution in [0.4, 0.5) is 20.6 Å². The summed E-state index contributed by atoms with van der Waals surface area (Å²) in [7, 11) is 1.46. The molecule has 0 aliphatic carbocycles. The molecule has 2 atom stereocenters. The second-order valence-electron chi connectivity index (χ2n) is 8.81. The second kappa shape index (κ2) is 11.3. The molecule has 38 heavy (non-hydrogen) atoms. The van der Waals surface area contributed by atoms with Gasteiger partial charge in [0.2, 0.25) is 5.91 Å². The van der Waals surface area contributed by atoms with E-state index in [1.54, 1.807) is 24.3 Å². The molecule has 0 fully saturated rings. The summed E-state index contributed by atoms with van der Waals surface area (Å²) in [4.78, 5) is 46.2. The third-order valence-electron chi connectivity index (χ3n) is 6.01. The molecular formula is C25H28FN7O5. The standard InChI is InChI=1S/C25H28FN7O5/c1-28-19(36)11-14(35)10-13(34)7-8-29-25(38)30-12-5-6-16-18(9-12)32-23(31-16)21-22(27)20-15(26)3-2-4-17(20)33-24(21)37/h2-6,9,13-14,34-35H,7-8,10-11H2,1H3,(H,28,36)(H,31,32)(H3,27,33,37)(H2,29,30,38). The molecule has 4 rings (SSSR count). The van der Waals surface area contributed by atoms with Crippen LogP contribution in [0.2, 0.25) is 0 Å². The molecule has 2 aromatic heterocycles. The maximum Gasteiger partial charge on any atom is 0.319 e. The van der Waals surface area contributed by atoms with E-state index in [4.69, 9.17) is 5.73 Å². The molecule has 0 spiro atoms. The Hall–Kier alpha value is -4.49. The van der Waals surface area contributed by atoms with Gasteiger partial charge >= 0.3 is 6.03 Å². The topological polar surface area (TPSA) is 198 Å². The van der Waals surface area contributed by atoms with Crippen molar-refractivity contribution in [2.24, 2.45) is 0 Å². The van der Waals surface area contributed by atoms with Gasteiger partial charge in [-0.3, -0.25) is 9.59 Å². The number of rotatable bonds is 9. The minimum atomic E-state index is -0.982. The Morgan fingerprint density at radius 2 is 1.92 bits per heavy atom. The second-order valence-corrected chi connectivity index (χ2v) is 8.81. The molecule has 0 saturated heterocycles. The average molecular weight is 526 g/mol. The van der Waals surface area contributed by atoms with Crippen molar-refractivity contribution in [3.05, 3.63) is 52.6 Å². The van der Waals surface area contributed by atoms with Crippen LogP contribution in [-0.4, -0.2) is 62.9 Å². The number of anilines is 2. The van der Waals surface area contributed by atoms with Crippen molar-refractivity contribution >= 4 is 45.2 Å². The summed E-state index contributed by atoms with van der Waals surface area (Å²) >= 11 is 0. The van der Waals surface area contributed by atoms with E-state index >= 15 is 0 Å². The molecule has 4 aromatic rings.